The highest BCUT2D eigenvalue weighted by molar-refractivity contribution is 7.21. The first kappa shape index (κ1) is 17.7. The van der Waals surface area contributed by atoms with Crippen LogP contribution in [0.15, 0.2) is 42.5 Å². The zero-order chi connectivity index (χ0) is 17.8. The summed E-state index contributed by atoms with van der Waals surface area (Å²) in [5.74, 6) is -1.38. The summed E-state index contributed by atoms with van der Waals surface area (Å²) in [6.45, 7) is 0. The number of benzene rings is 2. The maximum Gasteiger partial charge on any atom is 0.326 e. The number of rotatable bonds is 5. The molecule has 2 aromatic carbocycles. The molecule has 0 radical (unpaired) electrons. The Balaban J connectivity index is 2.04. The summed E-state index contributed by atoms with van der Waals surface area (Å²) >= 11 is 12.4. The maximum atomic E-state index is 11.6. The van der Waals surface area contributed by atoms with Crippen LogP contribution in [0.1, 0.15) is 0 Å². The standard InChI is InChI=1S/C17H11Cl2NO4S/c18-8-15(21)23-10-5-6-11(13(7-10)24-16(22)9-19)17-20-12-3-1-2-4-14(12)25-17/h1-7H,8-9H2. The molecule has 3 aromatic rings. The lowest BCUT2D eigenvalue weighted by molar-refractivity contribution is -0.132. The molecule has 0 N–H and O–H groups in total. The lowest BCUT2D eigenvalue weighted by Gasteiger charge is -2.10. The molecule has 0 saturated carbocycles. The smallest absolute Gasteiger partial charge is 0.326 e. The minimum Gasteiger partial charge on any atom is -0.426 e. The van der Waals surface area contributed by atoms with Gasteiger partial charge in [-0.2, -0.15) is 0 Å². The zero-order valence-corrected chi connectivity index (χ0v) is 15.0. The molecule has 1 heterocycles. The number of aromatic nitrogens is 1. The molecule has 0 saturated heterocycles. The second-order valence-corrected chi connectivity index (χ2v) is 6.43. The van der Waals surface area contributed by atoms with Gasteiger partial charge in [-0.25, -0.2) is 4.98 Å². The quantitative estimate of drug-likeness (QED) is 0.367. The van der Waals surface area contributed by atoms with Gasteiger partial charge < -0.3 is 9.47 Å². The number of hydrogen-bond donors (Lipinski definition) is 0. The van der Waals surface area contributed by atoms with Crippen LogP contribution in [-0.2, 0) is 9.59 Å². The van der Waals surface area contributed by atoms with E-state index < -0.39 is 11.9 Å². The number of carbonyl (C=O) groups excluding carboxylic acids is 2. The summed E-state index contributed by atoms with van der Waals surface area (Å²) in [5, 5.41) is 0.675. The third-order valence-electron chi connectivity index (χ3n) is 3.15. The fourth-order valence-corrected chi connectivity index (χ4v) is 3.23. The first-order valence-electron chi connectivity index (χ1n) is 7.14. The van der Waals surface area contributed by atoms with Crippen molar-refractivity contribution in [2.75, 3.05) is 11.8 Å². The first-order chi connectivity index (χ1) is 12.1. The van der Waals surface area contributed by atoms with Crippen molar-refractivity contribution >= 4 is 56.7 Å². The lowest BCUT2D eigenvalue weighted by Crippen LogP contribution is -2.11. The first-order valence-corrected chi connectivity index (χ1v) is 9.02. The topological polar surface area (TPSA) is 65.5 Å². The molecule has 0 spiro atoms. The fourth-order valence-electron chi connectivity index (χ4n) is 2.12. The van der Waals surface area contributed by atoms with Gasteiger partial charge in [-0.1, -0.05) is 12.1 Å². The molecule has 0 atom stereocenters. The number of carbonyl (C=O) groups is 2. The van der Waals surface area contributed by atoms with Crippen LogP contribution in [0.25, 0.3) is 20.8 Å². The molecule has 0 bridgehead atoms. The van der Waals surface area contributed by atoms with Crippen LogP contribution in [0, 0.1) is 0 Å². The van der Waals surface area contributed by atoms with Gasteiger partial charge in [0, 0.05) is 6.07 Å². The highest BCUT2D eigenvalue weighted by Crippen LogP contribution is 2.38. The molecule has 25 heavy (non-hydrogen) atoms. The van der Waals surface area contributed by atoms with E-state index >= 15 is 0 Å². The number of nitrogens with zero attached hydrogens (tertiary/aromatic N) is 1. The van der Waals surface area contributed by atoms with E-state index in [0.717, 1.165) is 10.2 Å². The molecule has 0 fully saturated rings. The van der Waals surface area contributed by atoms with Crippen molar-refractivity contribution in [3.8, 4) is 22.1 Å². The van der Waals surface area contributed by atoms with Crippen LogP contribution in [0.2, 0.25) is 0 Å². The maximum absolute atomic E-state index is 11.6. The Labute approximate surface area is 157 Å². The summed E-state index contributed by atoms with van der Waals surface area (Å²) in [6, 6.07) is 12.4. The summed E-state index contributed by atoms with van der Waals surface area (Å²) < 4.78 is 11.3. The minimum atomic E-state index is -0.621. The van der Waals surface area contributed by atoms with Crippen molar-refractivity contribution in [1.29, 1.82) is 0 Å². The highest BCUT2D eigenvalue weighted by Gasteiger charge is 2.16. The zero-order valence-electron chi connectivity index (χ0n) is 12.7. The number of hydrogen-bond acceptors (Lipinski definition) is 6. The molecule has 3 rings (SSSR count). The summed E-state index contributed by atoms with van der Waals surface area (Å²) in [5.41, 5.74) is 1.44. The van der Waals surface area contributed by atoms with Crippen LogP contribution >= 0.6 is 34.5 Å². The number of halogens is 2. The van der Waals surface area contributed by atoms with E-state index in [1.54, 1.807) is 12.1 Å². The van der Waals surface area contributed by atoms with E-state index in [1.807, 2.05) is 24.3 Å². The van der Waals surface area contributed by atoms with Crippen molar-refractivity contribution in [3.05, 3.63) is 42.5 Å². The van der Waals surface area contributed by atoms with E-state index in [1.165, 1.54) is 17.4 Å². The SMILES string of the molecule is O=C(CCl)Oc1ccc(-c2nc3ccccc3s2)c(OC(=O)CCl)c1. The van der Waals surface area contributed by atoms with Crippen molar-refractivity contribution in [2.24, 2.45) is 0 Å². The van der Waals surface area contributed by atoms with Crippen LogP contribution in [0.5, 0.6) is 11.5 Å². The highest BCUT2D eigenvalue weighted by atomic mass is 35.5. The molecular weight excluding hydrogens is 385 g/mol. The Hall–Kier alpha value is -2.15. The van der Waals surface area contributed by atoms with Crippen molar-refractivity contribution in [2.45, 2.75) is 0 Å². The Bertz CT molecular complexity index is 908. The van der Waals surface area contributed by atoms with Crippen molar-refractivity contribution < 1.29 is 19.1 Å². The molecule has 0 amide bonds. The summed E-state index contributed by atoms with van der Waals surface area (Å²) in [6.07, 6.45) is 0. The number of thiazole rings is 1. The average Bonchev–Trinajstić information content (AvgIpc) is 3.05. The second-order valence-electron chi connectivity index (χ2n) is 4.86. The fraction of sp³-hybridized carbons (Fsp3) is 0.118. The number of ether oxygens (including phenoxy) is 2. The van der Waals surface area contributed by atoms with Gasteiger partial charge in [0.1, 0.15) is 28.3 Å². The number of fused-ring (bicyclic) bond motifs is 1. The summed E-state index contributed by atoms with van der Waals surface area (Å²) in [7, 11) is 0. The molecule has 0 aliphatic rings. The van der Waals surface area contributed by atoms with Gasteiger partial charge in [0.05, 0.1) is 15.8 Å². The van der Waals surface area contributed by atoms with E-state index in [9.17, 15) is 9.59 Å². The van der Waals surface area contributed by atoms with Gasteiger partial charge in [-0.05, 0) is 24.3 Å². The molecular formula is C17H11Cl2NO4S. The number of alkyl halides is 2. The normalized spacial score (nSPS) is 10.6. The van der Waals surface area contributed by atoms with Crippen LogP contribution in [-0.4, -0.2) is 28.7 Å². The molecule has 0 aliphatic heterocycles. The average molecular weight is 396 g/mol. The van der Waals surface area contributed by atoms with E-state index in [0.29, 0.717) is 10.6 Å². The Kier molecular flexibility index (Phi) is 5.53. The van der Waals surface area contributed by atoms with E-state index in [2.05, 4.69) is 4.98 Å². The third-order valence-corrected chi connectivity index (χ3v) is 4.66. The molecule has 8 heteroatoms. The number of esters is 2. The monoisotopic (exact) mass is 395 g/mol. The Morgan fingerprint density at radius 1 is 1.00 bits per heavy atom. The molecule has 0 unspecified atom stereocenters. The largest absolute Gasteiger partial charge is 0.426 e. The molecule has 128 valence electrons. The predicted octanol–water partition coefficient (Wildman–Crippen LogP) is 4.25. The molecule has 0 aliphatic carbocycles. The Morgan fingerprint density at radius 2 is 1.72 bits per heavy atom. The van der Waals surface area contributed by atoms with Crippen LogP contribution < -0.4 is 9.47 Å². The van der Waals surface area contributed by atoms with Gasteiger partial charge in [0.15, 0.2) is 0 Å². The van der Waals surface area contributed by atoms with E-state index in [4.69, 9.17) is 32.7 Å². The van der Waals surface area contributed by atoms with Gasteiger partial charge in [0.25, 0.3) is 0 Å². The summed E-state index contributed by atoms with van der Waals surface area (Å²) in [4.78, 5) is 27.5. The van der Waals surface area contributed by atoms with Gasteiger partial charge in [-0.3, -0.25) is 9.59 Å². The number of para-hydroxylation sites is 1. The lowest BCUT2D eigenvalue weighted by atomic mass is 10.2. The molecule has 5 nitrogen and oxygen atoms in total. The Morgan fingerprint density at radius 3 is 2.44 bits per heavy atom. The van der Waals surface area contributed by atoms with Crippen LogP contribution in [0.4, 0.5) is 0 Å². The minimum absolute atomic E-state index is 0.213. The van der Waals surface area contributed by atoms with Gasteiger partial charge >= 0.3 is 11.9 Å². The second kappa shape index (κ2) is 7.82. The molecule has 1 aromatic heterocycles. The van der Waals surface area contributed by atoms with Crippen molar-refractivity contribution in [1.82, 2.24) is 4.98 Å². The van der Waals surface area contributed by atoms with Gasteiger partial charge in [0.2, 0.25) is 0 Å². The third kappa shape index (κ3) is 4.10. The van der Waals surface area contributed by atoms with Crippen LogP contribution in [0.3, 0.4) is 0 Å². The van der Waals surface area contributed by atoms with E-state index in [-0.39, 0.29) is 23.3 Å². The van der Waals surface area contributed by atoms with Gasteiger partial charge in [-0.15, -0.1) is 34.5 Å². The predicted molar refractivity (Wildman–Crippen MR) is 97.8 cm³/mol. The van der Waals surface area contributed by atoms with Crippen molar-refractivity contribution in [3.63, 3.8) is 0 Å².